The molecule has 0 bridgehead atoms. The van der Waals surface area contributed by atoms with E-state index in [9.17, 15) is 13.2 Å². The fourth-order valence-electron chi connectivity index (χ4n) is 0.564. The van der Waals surface area contributed by atoms with E-state index in [4.69, 9.17) is 5.84 Å². The van der Waals surface area contributed by atoms with Crippen molar-refractivity contribution in [3.8, 4) is 0 Å². The highest BCUT2D eigenvalue weighted by molar-refractivity contribution is 5.14. The summed E-state index contributed by atoms with van der Waals surface area (Å²) in [6.07, 6.45) is -5.56. The third kappa shape index (κ3) is 2.38. The third-order valence-corrected chi connectivity index (χ3v) is 0.950. The molecule has 0 fully saturated rings. The smallest absolute Gasteiger partial charge is 0.314 e. The molecule has 0 aliphatic carbocycles. The Bertz CT molecular complexity index is 257. The highest BCUT2D eigenvalue weighted by Crippen LogP contribution is 2.19. The second kappa shape index (κ2) is 2.97. The number of aromatic nitrogens is 2. The fourth-order valence-corrected chi connectivity index (χ4v) is 0.564. The van der Waals surface area contributed by atoms with Crippen molar-refractivity contribution < 1.29 is 17.7 Å². The molecular formula is C4H5F3N4O. The van der Waals surface area contributed by atoms with E-state index < -0.39 is 18.4 Å². The van der Waals surface area contributed by atoms with E-state index in [1.165, 1.54) is 0 Å². The number of hydrazine groups is 1. The van der Waals surface area contributed by atoms with Gasteiger partial charge in [-0.2, -0.15) is 18.2 Å². The number of hydrogen-bond acceptors (Lipinski definition) is 5. The molecule has 0 aliphatic heterocycles. The first-order chi connectivity index (χ1) is 5.51. The van der Waals surface area contributed by atoms with Crippen molar-refractivity contribution in [2.24, 2.45) is 5.84 Å². The minimum absolute atomic E-state index is 0.241. The van der Waals surface area contributed by atoms with Crippen molar-refractivity contribution in [1.82, 2.24) is 10.1 Å². The molecule has 8 heteroatoms. The van der Waals surface area contributed by atoms with Crippen molar-refractivity contribution >= 4 is 6.01 Å². The number of nitrogens with two attached hydrogens (primary N) is 1. The Kier molecular flexibility index (Phi) is 2.18. The summed E-state index contributed by atoms with van der Waals surface area (Å²) >= 11 is 0. The van der Waals surface area contributed by atoms with Gasteiger partial charge in [0.25, 0.3) is 0 Å². The second-order valence-corrected chi connectivity index (χ2v) is 1.95. The Morgan fingerprint density at radius 1 is 1.50 bits per heavy atom. The van der Waals surface area contributed by atoms with Crippen LogP contribution >= 0.6 is 0 Å². The van der Waals surface area contributed by atoms with Gasteiger partial charge in [-0.1, -0.05) is 5.16 Å². The quantitative estimate of drug-likeness (QED) is 0.513. The molecule has 0 amide bonds. The van der Waals surface area contributed by atoms with Crippen LogP contribution in [-0.4, -0.2) is 16.3 Å². The van der Waals surface area contributed by atoms with Gasteiger partial charge < -0.3 is 4.52 Å². The van der Waals surface area contributed by atoms with Crippen LogP contribution in [0.5, 0.6) is 0 Å². The van der Waals surface area contributed by atoms with Crippen LogP contribution in [0.3, 0.4) is 0 Å². The minimum atomic E-state index is -4.34. The molecule has 0 aliphatic rings. The van der Waals surface area contributed by atoms with Gasteiger partial charge in [0.15, 0.2) is 5.82 Å². The predicted molar refractivity (Wildman–Crippen MR) is 31.9 cm³/mol. The van der Waals surface area contributed by atoms with E-state index in [0.29, 0.717) is 0 Å². The van der Waals surface area contributed by atoms with E-state index >= 15 is 0 Å². The van der Waals surface area contributed by atoms with Crippen LogP contribution in [0.25, 0.3) is 0 Å². The van der Waals surface area contributed by atoms with Gasteiger partial charge in [-0.25, -0.2) is 5.84 Å². The van der Waals surface area contributed by atoms with Crippen molar-refractivity contribution in [2.45, 2.75) is 12.6 Å². The zero-order valence-electron chi connectivity index (χ0n) is 5.72. The largest absolute Gasteiger partial charge is 0.396 e. The average Bonchev–Trinajstić information content (AvgIpc) is 2.32. The minimum Gasteiger partial charge on any atom is -0.314 e. The summed E-state index contributed by atoms with van der Waals surface area (Å²) in [5, 5.41) is 3.02. The molecule has 5 nitrogen and oxygen atoms in total. The maximum atomic E-state index is 11.7. The van der Waals surface area contributed by atoms with Gasteiger partial charge in [0, 0.05) is 0 Å². The number of nitrogens with zero attached hydrogens (tertiary/aromatic N) is 2. The SMILES string of the molecule is NNc1nc(CC(F)(F)F)no1. The molecule has 1 heterocycles. The molecule has 0 radical (unpaired) electrons. The standard InChI is InChI=1S/C4H5F3N4O/c5-4(6,7)1-2-9-3(10-8)12-11-2/h1,8H2,(H,9,10,11). The second-order valence-electron chi connectivity index (χ2n) is 1.95. The Morgan fingerprint density at radius 3 is 2.58 bits per heavy atom. The van der Waals surface area contributed by atoms with Crippen molar-refractivity contribution in [3.05, 3.63) is 5.82 Å². The van der Waals surface area contributed by atoms with Crippen LogP contribution in [0.4, 0.5) is 19.2 Å². The molecule has 3 N–H and O–H groups in total. The molecule has 68 valence electrons. The first kappa shape index (κ1) is 8.78. The Hall–Kier alpha value is -1.31. The van der Waals surface area contributed by atoms with Gasteiger partial charge in [-0.05, 0) is 0 Å². The number of nitrogen functional groups attached to an aromatic ring is 1. The van der Waals surface area contributed by atoms with Crippen molar-refractivity contribution in [1.29, 1.82) is 0 Å². The number of halogens is 3. The maximum absolute atomic E-state index is 11.7. The van der Waals surface area contributed by atoms with E-state index in [1.54, 1.807) is 0 Å². The molecule has 0 saturated heterocycles. The molecule has 0 spiro atoms. The van der Waals surface area contributed by atoms with Crippen molar-refractivity contribution in [3.63, 3.8) is 0 Å². The summed E-state index contributed by atoms with van der Waals surface area (Å²) in [6.45, 7) is 0. The molecule has 1 aromatic rings. The topological polar surface area (TPSA) is 77.0 Å². The lowest BCUT2D eigenvalue weighted by atomic mass is 10.4. The lowest BCUT2D eigenvalue weighted by molar-refractivity contribution is -0.128. The fraction of sp³-hybridized carbons (Fsp3) is 0.500. The normalized spacial score (nSPS) is 11.7. The van der Waals surface area contributed by atoms with Crippen LogP contribution in [-0.2, 0) is 6.42 Å². The van der Waals surface area contributed by atoms with Gasteiger partial charge in [0.2, 0.25) is 0 Å². The summed E-state index contributed by atoms with van der Waals surface area (Å²) < 4.78 is 39.3. The van der Waals surface area contributed by atoms with Gasteiger partial charge in [0.05, 0.1) is 0 Å². The van der Waals surface area contributed by atoms with Gasteiger partial charge >= 0.3 is 12.2 Å². The highest BCUT2D eigenvalue weighted by Gasteiger charge is 2.30. The van der Waals surface area contributed by atoms with Crippen LogP contribution in [0.1, 0.15) is 5.82 Å². The first-order valence-corrected chi connectivity index (χ1v) is 2.87. The Balaban J connectivity index is 2.64. The van der Waals surface area contributed by atoms with Crippen molar-refractivity contribution in [2.75, 3.05) is 5.43 Å². The van der Waals surface area contributed by atoms with Gasteiger partial charge in [0.1, 0.15) is 6.42 Å². The summed E-state index contributed by atoms with van der Waals surface area (Å²) in [5.41, 5.74) is 1.93. The number of rotatable bonds is 2. The first-order valence-electron chi connectivity index (χ1n) is 2.87. The average molecular weight is 182 g/mol. The predicted octanol–water partition coefficient (Wildman–Crippen LogP) is 0.460. The molecule has 0 unspecified atom stereocenters. The molecular weight excluding hydrogens is 177 g/mol. The highest BCUT2D eigenvalue weighted by atomic mass is 19.4. The number of nitrogens with one attached hydrogen (secondary N) is 1. The summed E-state index contributed by atoms with van der Waals surface area (Å²) in [7, 11) is 0. The number of hydrogen-bond donors (Lipinski definition) is 2. The molecule has 0 atom stereocenters. The molecule has 0 saturated carbocycles. The zero-order valence-corrected chi connectivity index (χ0v) is 5.72. The van der Waals surface area contributed by atoms with E-state index in [2.05, 4.69) is 14.7 Å². The Morgan fingerprint density at radius 2 is 2.17 bits per heavy atom. The van der Waals surface area contributed by atoms with Crippen LogP contribution in [0.15, 0.2) is 4.52 Å². The van der Waals surface area contributed by atoms with Gasteiger partial charge in [-0.3, -0.25) is 5.43 Å². The van der Waals surface area contributed by atoms with E-state index in [0.717, 1.165) is 0 Å². The number of alkyl halides is 3. The molecule has 1 rings (SSSR count). The lowest BCUT2D eigenvalue weighted by Crippen LogP contribution is -2.13. The van der Waals surface area contributed by atoms with Crippen LogP contribution < -0.4 is 11.3 Å². The summed E-state index contributed by atoms with van der Waals surface area (Å²) in [5.74, 6) is 4.35. The van der Waals surface area contributed by atoms with E-state index in [-0.39, 0.29) is 6.01 Å². The summed E-state index contributed by atoms with van der Waals surface area (Å²) in [4.78, 5) is 3.28. The third-order valence-electron chi connectivity index (χ3n) is 0.950. The summed E-state index contributed by atoms with van der Waals surface area (Å²) in [6, 6.07) is -0.241. The van der Waals surface area contributed by atoms with Gasteiger partial charge in [-0.15, -0.1) is 0 Å². The zero-order chi connectivity index (χ0) is 9.19. The number of anilines is 1. The van der Waals surface area contributed by atoms with Crippen LogP contribution in [0, 0.1) is 0 Å². The molecule has 12 heavy (non-hydrogen) atoms. The van der Waals surface area contributed by atoms with E-state index in [1.807, 2.05) is 5.43 Å². The Labute approximate surface area is 64.7 Å². The monoisotopic (exact) mass is 182 g/mol. The lowest BCUT2D eigenvalue weighted by Gasteiger charge is -1.99. The maximum Gasteiger partial charge on any atom is 0.396 e. The van der Waals surface area contributed by atoms with Crippen LogP contribution in [0.2, 0.25) is 0 Å². The molecule has 1 aromatic heterocycles. The molecule has 0 aromatic carbocycles.